The highest BCUT2D eigenvalue weighted by molar-refractivity contribution is 5.95. The Labute approximate surface area is 257 Å². The van der Waals surface area contributed by atoms with Gasteiger partial charge in [0.2, 0.25) is 17.7 Å². The van der Waals surface area contributed by atoms with Crippen LogP contribution in [0.3, 0.4) is 0 Å². The van der Waals surface area contributed by atoms with Gasteiger partial charge in [-0.2, -0.15) is 0 Å². The molecule has 9 N–H and O–H groups in total. The van der Waals surface area contributed by atoms with Gasteiger partial charge in [0.05, 0.1) is 12.4 Å². The second kappa shape index (κ2) is 15.3. The molecule has 0 saturated carbocycles. The number of nitrogens with zero attached hydrogens (tertiary/aromatic N) is 1. The third-order valence-corrected chi connectivity index (χ3v) is 7.24. The highest BCUT2D eigenvalue weighted by Crippen LogP contribution is 2.19. The van der Waals surface area contributed by atoms with E-state index in [9.17, 15) is 29.1 Å². The van der Waals surface area contributed by atoms with Crippen LogP contribution in [-0.2, 0) is 43.2 Å². The highest BCUT2D eigenvalue weighted by atomic mass is 16.4. The lowest BCUT2D eigenvalue weighted by atomic mass is 10.0. The van der Waals surface area contributed by atoms with Crippen molar-refractivity contribution in [2.24, 2.45) is 5.73 Å². The van der Waals surface area contributed by atoms with Crippen LogP contribution in [0.5, 0.6) is 0 Å². The van der Waals surface area contributed by atoms with E-state index in [1.165, 1.54) is 12.5 Å². The van der Waals surface area contributed by atoms with Gasteiger partial charge >= 0.3 is 11.9 Å². The number of carboxylic acid groups (broad SMARTS) is 2. The number of fused-ring (bicyclic) bond motifs is 1. The second-order valence-corrected chi connectivity index (χ2v) is 10.6. The Balaban J connectivity index is 1.56. The van der Waals surface area contributed by atoms with Gasteiger partial charge in [-0.25, -0.2) is 9.78 Å². The van der Waals surface area contributed by atoms with E-state index < -0.39 is 60.2 Å². The number of nitrogens with one attached hydrogen (secondary N) is 5. The molecule has 2 heterocycles. The van der Waals surface area contributed by atoms with Gasteiger partial charge < -0.3 is 41.9 Å². The van der Waals surface area contributed by atoms with Gasteiger partial charge in [-0.05, 0) is 30.0 Å². The first-order valence-corrected chi connectivity index (χ1v) is 14.3. The predicted octanol–water partition coefficient (Wildman–Crippen LogP) is 0.650. The Bertz CT molecular complexity index is 1620. The van der Waals surface area contributed by atoms with Crippen molar-refractivity contribution < 1.29 is 34.2 Å². The lowest BCUT2D eigenvalue weighted by molar-refractivity contribution is -0.143. The fourth-order valence-electron chi connectivity index (χ4n) is 4.86. The number of aliphatic carboxylic acids is 2. The number of hydrogen-bond donors (Lipinski definition) is 8. The maximum Gasteiger partial charge on any atom is 0.326 e. The predicted molar refractivity (Wildman–Crippen MR) is 163 cm³/mol. The topological polar surface area (TPSA) is 232 Å². The minimum Gasteiger partial charge on any atom is -0.481 e. The standard InChI is InChI=1S/C31H35N7O7/c32-22(12-18-6-2-1-3-7-18)28(41)37-26(14-20-16-33-17-35-20)30(43)38-25(13-19-15-34-23-9-5-4-8-21(19)23)29(42)36-24(31(44)45)10-11-27(39)40/h1-9,15-17,22,24-26,34H,10-14,32H2,(H,33,35)(H,36,42)(H,37,41)(H,38,43)(H,39,40)(H,44,45). The largest absolute Gasteiger partial charge is 0.481 e. The number of imidazole rings is 1. The van der Waals surface area contributed by atoms with Gasteiger partial charge in [0.15, 0.2) is 0 Å². The van der Waals surface area contributed by atoms with Gasteiger partial charge in [0.25, 0.3) is 0 Å². The van der Waals surface area contributed by atoms with Gasteiger partial charge in [0.1, 0.15) is 18.1 Å². The third kappa shape index (κ3) is 9.24. The van der Waals surface area contributed by atoms with Crippen molar-refractivity contribution in [3.63, 3.8) is 0 Å². The summed E-state index contributed by atoms with van der Waals surface area (Å²) < 4.78 is 0. The first-order valence-electron chi connectivity index (χ1n) is 14.3. The number of carbonyl (C=O) groups is 5. The van der Waals surface area contributed by atoms with Crippen molar-refractivity contribution in [2.45, 2.75) is 56.3 Å². The number of carboxylic acids is 2. The van der Waals surface area contributed by atoms with E-state index in [1.807, 2.05) is 54.6 Å². The third-order valence-electron chi connectivity index (χ3n) is 7.24. The summed E-state index contributed by atoms with van der Waals surface area (Å²) in [5.74, 6) is -4.78. The molecule has 3 amide bonds. The lowest BCUT2D eigenvalue weighted by Gasteiger charge is -2.25. The minimum absolute atomic E-state index is 0.00653. The zero-order valence-electron chi connectivity index (χ0n) is 24.2. The summed E-state index contributed by atoms with van der Waals surface area (Å²) in [7, 11) is 0. The Hall–Kier alpha value is -5.50. The van der Waals surface area contributed by atoms with Crippen LogP contribution >= 0.6 is 0 Å². The van der Waals surface area contributed by atoms with Crippen molar-refractivity contribution >= 4 is 40.6 Å². The number of carbonyl (C=O) groups excluding carboxylic acids is 3. The molecule has 14 heteroatoms. The second-order valence-electron chi connectivity index (χ2n) is 10.6. The van der Waals surface area contributed by atoms with E-state index in [0.717, 1.165) is 16.5 Å². The first kappa shape index (κ1) is 32.4. The van der Waals surface area contributed by atoms with Crippen LogP contribution in [0.2, 0.25) is 0 Å². The van der Waals surface area contributed by atoms with Crippen molar-refractivity contribution in [1.29, 1.82) is 0 Å². The van der Waals surface area contributed by atoms with E-state index in [4.69, 9.17) is 10.8 Å². The number of H-pyrrole nitrogens is 2. The van der Waals surface area contributed by atoms with Crippen LogP contribution < -0.4 is 21.7 Å². The van der Waals surface area contributed by atoms with Gasteiger partial charge in [-0.1, -0.05) is 48.5 Å². The van der Waals surface area contributed by atoms with Crippen molar-refractivity contribution in [3.05, 3.63) is 90.1 Å². The molecule has 4 rings (SSSR count). The highest BCUT2D eigenvalue weighted by Gasteiger charge is 2.31. The summed E-state index contributed by atoms with van der Waals surface area (Å²) in [6.45, 7) is 0. The van der Waals surface area contributed by atoms with Crippen LogP contribution in [0, 0.1) is 0 Å². The SMILES string of the molecule is NC(Cc1ccccc1)C(=O)NC(Cc1cnc[nH]1)C(=O)NC(Cc1c[nH]c2ccccc12)C(=O)NC(CCC(=O)O)C(=O)O. The Morgan fingerprint density at radius 1 is 0.778 bits per heavy atom. The molecule has 2 aromatic carbocycles. The number of benzene rings is 2. The van der Waals surface area contributed by atoms with Gasteiger partial charge in [0, 0.05) is 48.3 Å². The molecule has 0 radical (unpaired) electrons. The van der Waals surface area contributed by atoms with E-state index in [0.29, 0.717) is 11.3 Å². The van der Waals surface area contributed by atoms with Crippen molar-refractivity contribution in [3.8, 4) is 0 Å². The normalized spacial score (nSPS) is 13.7. The van der Waals surface area contributed by atoms with Crippen molar-refractivity contribution in [1.82, 2.24) is 30.9 Å². The minimum atomic E-state index is -1.51. The molecule has 2 aromatic heterocycles. The number of hydrogen-bond acceptors (Lipinski definition) is 7. The maximum absolute atomic E-state index is 13.7. The molecule has 45 heavy (non-hydrogen) atoms. The van der Waals surface area contributed by atoms with E-state index in [2.05, 4.69) is 30.9 Å². The smallest absolute Gasteiger partial charge is 0.326 e. The molecule has 4 aromatic rings. The average molecular weight is 618 g/mol. The first-order chi connectivity index (χ1) is 21.6. The Kier molecular flexibility index (Phi) is 11.0. The zero-order valence-corrected chi connectivity index (χ0v) is 24.2. The molecule has 4 unspecified atom stereocenters. The number of nitrogens with two attached hydrogens (primary N) is 1. The molecule has 4 atom stereocenters. The summed E-state index contributed by atoms with van der Waals surface area (Å²) in [5.41, 5.74) is 8.99. The van der Waals surface area contributed by atoms with Gasteiger partial charge in [-0.3, -0.25) is 19.2 Å². The quantitative estimate of drug-likeness (QED) is 0.0880. The van der Waals surface area contributed by atoms with Crippen molar-refractivity contribution in [2.75, 3.05) is 0 Å². The Morgan fingerprint density at radius 3 is 2.09 bits per heavy atom. The molecule has 0 aliphatic heterocycles. The fourth-order valence-corrected chi connectivity index (χ4v) is 4.86. The molecule has 0 aliphatic rings. The molecule has 0 saturated heterocycles. The monoisotopic (exact) mass is 617 g/mol. The molecular formula is C31H35N7O7. The van der Waals surface area contributed by atoms with Crippen LogP contribution in [0.15, 0.2) is 73.3 Å². The lowest BCUT2D eigenvalue weighted by Crippen LogP contribution is -2.58. The molecule has 0 bridgehead atoms. The van der Waals surface area contributed by atoms with E-state index in [1.54, 1.807) is 6.20 Å². The summed E-state index contributed by atoms with van der Waals surface area (Å²) >= 11 is 0. The maximum atomic E-state index is 13.7. The number of para-hydroxylation sites is 1. The average Bonchev–Trinajstić information content (AvgIpc) is 3.68. The Morgan fingerprint density at radius 2 is 1.42 bits per heavy atom. The molecule has 14 nitrogen and oxygen atoms in total. The molecular weight excluding hydrogens is 582 g/mol. The zero-order chi connectivity index (χ0) is 32.3. The molecule has 0 fully saturated rings. The summed E-state index contributed by atoms with van der Waals surface area (Å²) in [5, 5.41) is 27.1. The number of amides is 3. The van der Waals surface area contributed by atoms with E-state index in [-0.39, 0.29) is 25.7 Å². The number of aromatic nitrogens is 3. The fraction of sp³-hybridized carbons (Fsp3) is 0.290. The summed E-state index contributed by atoms with van der Waals surface area (Å²) in [4.78, 5) is 73.2. The summed E-state index contributed by atoms with van der Waals surface area (Å²) in [6.07, 6.45) is 3.93. The summed E-state index contributed by atoms with van der Waals surface area (Å²) in [6, 6.07) is 11.5. The van der Waals surface area contributed by atoms with Crippen LogP contribution in [0.1, 0.15) is 29.7 Å². The number of aromatic amines is 2. The van der Waals surface area contributed by atoms with Crippen LogP contribution in [0.4, 0.5) is 0 Å². The number of rotatable bonds is 16. The van der Waals surface area contributed by atoms with Gasteiger partial charge in [-0.15, -0.1) is 0 Å². The molecule has 0 aliphatic carbocycles. The van der Waals surface area contributed by atoms with E-state index >= 15 is 0 Å². The molecule has 236 valence electrons. The van der Waals surface area contributed by atoms with Crippen LogP contribution in [-0.4, -0.2) is 79.0 Å². The van der Waals surface area contributed by atoms with Crippen LogP contribution in [0.25, 0.3) is 10.9 Å². The molecule has 0 spiro atoms.